The highest BCUT2D eigenvalue weighted by atomic mass is 16.5. The maximum atomic E-state index is 11.8. The molecule has 0 bridgehead atoms. The third kappa shape index (κ3) is 4.23. The van der Waals surface area contributed by atoms with Gasteiger partial charge in [-0.15, -0.1) is 0 Å². The fourth-order valence-electron chi connectivity index (χ4n) is 2.05. The van der Waals surface area contributed by atoms with E-state index in [1.165, 1.54) is 6.08 Å². The summed E-state index contributed by atoms with van der Waals surface area (Å²) in [6.45, 7) is 0.345. The van der Waals surface area contributed by atoms with E-state index < -0.39 is 0 Å². The van der Waals surface area contributed by atoms with Crippen LogP contribution in [0.4, 0.5) is 0 Å². The molecule has 1 atom stereocenters. The van der Waals surface area contributed by atoms with Crippen LogP contribution in [0.1, 0.15) is 17.4 Å². The molecule has 1 N–H and O–H groups in total. The first-order valence-corrected chi connectivity index (χ1v) is 6.89. The molecular formula is C17H19NO4. The van der Waals surface area contributed by atoms with Crippen LogP contribution in [-0.4, -0.2) is 26.7 Å². The van der Waals surface area contributed by atoms with Crippen molar-refractivity contribution in [1.82, 2.24) is 5.32 Å². The van der Waals surface area contributed by atoms with Gasteiger partial charge in [-0.25, -0.2) is 0 Å². The molecule has 0 unspecified atom stereocenters. The zero-order valence-corrected chi connectivity index (χ0v) is 12.6. The zero-order chi connectivity index (χ0) is 15.8. The largest absolute Gasteiger partial charge is 0.496 e. The van der Waals surface area contributed by atoms with E-state index in [0.717, 1.165) is 11.3 Å². The Balaban J connectivity index is 1.94. The Bertz CT molecular complexity index is 619. The van der Waals surface area contributed by atoms with Crippen molar-refractivity contribution >= 4 is 12.0 Å². The maximum Gasteiger partial charge on any atom is 0.244 e. The molecular weight excluding hydrogens is 282 g/mol. The van der Waals surface area contributed by atoms with Gasteiger partial charge in [0.1, 0.15) is 17.6 Å². The first-order valence-electron chi connectivity index (χ1n) is 6.89. The lowest BCUT2D eigenvalue weighted by Crippen LogP contribution is -2.27. The second-order valence-electron chi connectivity index (χ2n) is 4.56. The van der Waals surface area contributed by atoms with Crippen LogP contribution in [0.25, 0.3) is 6.08 Å². The van der Waals surface area contributed by atoms with Gasteiger partial charge < -0.3 is 19.2 Å². The summed E-state index contributed by atoms with van der Waals surface area (Å²) in [5.74, 6) is 1.14. The molecule has 5 heteroatoms. The molecule has 22 heavy (non-hydrogen) atoms. The van der Waals surface area contributed by atoms with Crippen molar-refractivity contribution in [2.75, 3.05) is 20.8 Å². The molecule has 0 saturated heterocycles. The number of amides is 1. The Morgan fingerprint density at radius 2 is 2.09 bits per heavy atom. The van der Waals surface area contributed by atoms with Crippen molar-refractivity contribution in [3.05, 3.63) is 60.1 Å². The van der Waals surface area contributed by atoms with Gasteiger partial charge >= 0.3 is 0 Å². The lowest BCUT2D eigenvalue weighted by atomic mass is 10.1. The molecule has 2 aromatic rings. The second-order valence-corrected chi connectivity index (χ2v) is 4.56. The van der Waals surface area contributed by atoms with Crippen molar-refractivity contribution in [3.63, 3.8) is 0 Å². The third-order valence-electron chi connectivity index (χ3n) is 3.17. The molecule has 116 valence electrons. The van der Waals surface area contributed by atoms with Crippen LogP contribution in [0.5, 0.6) is 5.75 Å². The van der Waals surface area contributed by atoms with Gasteiger partial charge in [-0.3, -0.25) is 4.79 Å². The smallest absolute Gasteiger partial charge is 0.244 e. The van der Waals surface area contributed by atoms with Crippen LogP contribution in [0.3, 0.4) is 0 Å². The Kier molecular flexibility index (Phi) is 5.80. The number of hydrogen-bond donors (Lipinski definition) is 1. The van der Waals surface area contributed by atoms with Crippen molar-refractivity contribution in [1.29, 1.82) is 0 Å². The van der Waals surface area contributed by atoms with Gasteiger partial charge in [0.2, 0.25) is 5.91 Å². The number of carbonyl (C=O) groups is 1. The summed E-state index contributed by atoms with van der Waals surface area (Å²) in [7, 11) is 3.21. The second kappa shape index (κ2) is 8.05. The summed E-state index contributed by atoms with van der Waals surface area (Å²) in [5.41, 5.74) is 0.891. The first kappa shape index (κ1) is 15.9. The number of ether oxygens (including phenoxy) is 2. The van der Waals surface area contributed by atoms with E-state index in [-0.39, 0.29) is 12.0 Å². The number of benzene rings is 1. The predicted octanol–water partition coefficient (Wildman–Crippen LogP) is 2.81. The number of furan rings is 1. The molecule has 1 aromatic heterocycles. The standard InChI is InChI=1S/C17H19NO4/c1-20-15-8-4-3-7-14(15)16(21-2)12-18-17(19)10-9-13-6-5-11-22-13/h3-11,16H,12H2,1-2H3,(H,18,19)/b10-9+/t16-/m0/s1. The van der Waals surface area contributed by atoms with Gasteiger partial charge in [-0.05, 0) is 24.3 Å². The number of nitrogens with one attached hydrogen (secondary N) is 1. The summed E-state index contributed by atoms with van der Waals surface area (Å²) >= 11 is 0. The van der Waals surface area contributed by atoms with E-state index in [1.807, 2.05) is 24.3 Å². The number of methoxy groups -OCH3 is 2. The van der Waals surface area contributed by atoms with E-state index in [2.05, 4.69) is 5.32 Å². The molecule has 0 fully saturated rings. The fraction of sp³-hybridized carbons (Fsp3) is 0.235. The molecule has 0 radical (unpaired) electrons. The van der Waals surface area contributed by atoms with Gasteiger partial charge in [0, 0.05) is 25.3 Å². The van der Waals surface area contributed by atoms with E-state index in [0.29, 0.717) is 12.3 Å². The number of para-hydroxylation sites is 1. The van der Waals surface area contributed by atoms with Crippen molar-refractivity contribution < 1.29 is 18.7 Å². The highest BCUT2D eigenvalue weighted by Gasteiger charge is 2.15. The Labute approximate surface area is 129 Å². The SMILES string of the molecule is COc1ccccc1[C@H](CNC(=O)/C=C/c1ccco1)OC. The minimum absolute atomic E-state index is 0.214. The Morgan fingerprint density at radius 3 is 2.77 bits per heavy atom. The van der Waals surface area contributed by atoms with E-state index >= 15 is 0 Å². The lowest BCUT2D eigenvalue weighted by molar-refractivity contribution is -0.117. The van der Waals surface area contributed by atoms with Crippen molar-refractivity contribution in [3.8, 4) is 5.75 Å². The topological polar surface area (TPSA) is 60.7 Å². The average molecular weight is 301 g/mol. The van der Waals surface area contributed by atoms with Crippen LogP contribution in [0.2, 0.25) is 0 Å². The van der Waals surface area contributed by atoms with Gasteiger partial charge in [0.15, 0.2) is 0 Å². The van der Waals surface area contributed by atoms with Crippen LogP contribution >= 0.6 is 0 Å². The molecule has 2 rings (SSSR count). The number of hydrogen-bond acceptors (Lipinski definition) is 4. The summed E-state index contributed by atoms with van der Waals surface area (Å²) in [6.07, 6.45) is 4.31. The molecule has 0 aliphatic heterocycles. The normalized spacial score (nSPS) is 12.3. The third-order valence-corrected chi connectivity index (χ3v) is 3.17. The van der Waals surface area contributed by atoms with E-state index in [1.54, 1.807) is 38.7 Å². The summed E-state index contributed by atoms with van der Waals surface area (Å²) in [4.78, 5) is 11.8. The number of rotatable bonds is 7. The molecule has 0 aliphatic carbocycles. The lowest BCUT2D eigenvalue weighted by Gasteiger charge is -2.18. The quantitative estimate of drug-likeness (QED) is 0.799. The van der Waals surface area contributed by atoms with Crippen molar-refractivity contribution in [2.45, 2.75) is 6.10 Å². The predicted molar refractivity (Wildman–Crippen MR) is 83.5 cm³/mol. The molecule has 0 aliphatic rings. The molecule has 1 aromatic carbocycles. The molecule has 0 spiro atoms. The minimum atomic E-state index is -0.280. The van der Waals surface area contributed by atoms with Crippen LogP contribution in [0, 0.1) is 0 Å². The summed E-state index contributed by atoms with van der Waals surface area (Å²) in [6, 6.07) is 11.1. The van der Waals surface area contributed by atoms with Gasteiger partial charge in [-0.2, -0.15) is 0 Å². The summed E-state index contributed by atoms with van der Waals surface area (Å²) in [5, 5.41) is 2.80. The molecule has 5 nitrogen and oxygen atoms in total. The van der Waals surface area contributed by atoms with Crippen LogP contribution < -0.4 is 10.1 Å². The van der Waals surface area contributed by atoms with Gasteiger partial charge in [0.25, 0.3) is 0 Å². The first-order chi connectivity index (χ1) is 10.7. The highest BCUT2D eigenvalue weighted by Crippen LogP contribution is 2.26. The Hall–Kier alpha value is -2.53. The number of carbonyl (C=O) groups excluding carboxylic acids is 1. The van der Waals surface area contributed by atoms with Gasteiger partial charge in [-0.1, -0.05) is 18.2 Å². The average Bonchev–Trinajstić information content (AvgIpc) is 3.07. The molecule has 0 saturated carbocycles. The van der Waals surface area contributed by atoms with Crippen LogP contribution in [-0.2, 0) is 9.53 Å². The fourth-order valence-corrected chi connectivity index (χ4v) is 2.05. The summed E-state index contributed by atoms with van der Waals surface area (Å²) < 4.78 is 15.9. The molecule has 1 amide bonds. The Morgan fingerprint density at radius 1 is 1.27 bits per heavy atom. The van der Waals surface area contributed by atoms with E-state index in [9.17, 15) is 4.79 Å². The van der Waals surface area contributed by atoms with Gasteiger partial charge in [0.05, 0.1) is 13.4 Å². The van der Waals surface area contributed by atoms with Crippen molar-refractivity contribution in [2.24, 2.45) is 0 Å². The minimum Gasteiger partial charge on any atom is -0.496 e. The molecule has 1 heterocycles. The highest BCUT2D eigenvalue weighted by molar-refractivity contribution is 5.91. The monoisotopic (exact) mass is 301 g/mol. The maximum absolute atomic E-state index is 11.8. The van der Waals surface area contributed by atoms with E-state index in [4.69, 9.17) is 13.9 Å². The van der Waals surface area contributed by atoms with Crippen LogP contribution in [0.15, 0.2) is 53.2 Å². The zero-order valence-electron chi connectivity index (χ0n) is 12.6.